The lowest BCUT2D eigenvalue weighted by Crippen LogP contribution is -2.23. The number of carbonyl (C=O) groups excluding carboxylic acids is 1. The van der Waals surface area contributed by atoms with Crippen molar-refractivity contribution in [3.8, 4) is 17.0 Å². The molecule has 0 bridgehead atoms. The van der Waals surface area contributed by atoms with Crippen molar-refractivity contribution in [2.24, 2.45) is 0 Å². The van der Waals surface area contributed by atoms with Gasteiger partial charge in [0.25, 0.3) is 0 Å². The molecule has 0 N–H and O–H groups in total. The van der Waals surface area contributed by atoms with Gasteiger partial charge in [-0.25, -0.2) is 9.18 Å². The smallest absolute Gasteiger partial charge is 0.377 e. The van der Waals surface area contributed by atoms with Gasteiger partial charge in [0.1, 0.15) is 11.3 Å². The van der Waals surface area contributed by atoms with E-state index in [2.05, 4.69) is 5.16 Å². The number of nitrogens with zero attached hydrogens (tertiary/aromatic N) is 1. The van der Waals surface area contributed by atoms with E-state index >= 15 is 0 Å². The molecule has 0 saturated heterocycles. The van der Waals surface area contributed by atoms with Crippen LogP contribution >= 0.6 is 0 Å². The number of halogens is 1. The number of hydrogen-bond acceptors (Lipinski definition) is 5. The van der Waals surface area contributed by atoms with Crippen LogP contribution in [0.1, 0.15) is 31.3 Å². The minimum Gasteiger partial charge on any atom is -0.494 e. The molecule has 0 saturated carbocycles. The SMILES string of the molecule is COc1cc(-c2cc(C(=O)OC(C)(C)C)on2)ccc1F. The van der Waals surface area contributed by atoms with Gasteiger partial charge < -0.3 is 14.0 Å². The Balaban J connectivity index is 2.26. The number of rotatable bonds is 3. The molecule has 0 amide bonds. The fourth-order valence-electron chi connectivity index (χ4n) is 1.65. The van der Waals surface area contributed by atoms with Crippen molar-refractivity contribution in [2.75, 3.05) is 7.11 Å². The summed E-state index contributed by atoms with van der Waals surface area (Å²) in [5, 5.41) is 3.79. The maximum atomic E-state index is 13.4. The highest BCUT2D eigenvalue weighted by Gasteiger charge is 2.22. The molecule has 1 aromatic carbocycles. The molecule has 0 aliphatic heterocycles. The Hall–Kier alpha value is -2.37. The van der Waals surface area contributed by atoms with E-state index in [0.717, 1.165) is 0 Å². The number of carbonyl (C=O) groups is 1. The number of benzene rings is 1. The zero-order chi connectivity index (χ0) is 15.6. The molecule has 112 valence electrons. The highest BCUT2D eigenvalue weighted by atomic mass is 19.1. The number of esters is 1. The van der Waals surface area contributed by atoms with Crippen LogP contribution in [0.3, 0.4) is 0 Å². The predicted octanol–water partition coefficient (Wildman–Crippen LogP) is 3.44. The third-order valence-electron chi connectivity index (χ3n) is 2.56. The summed E-state index contributed by atoms with van der Waals surface area (Å²) in [7, 11) is 1.37. The van der Waals surface area contributed by atoms with Gasteiger partial charge in [-0.1, -0.05) is 5.16 Å². The number of aromatic nitrogens is 1. The second kappa shape index (κ2) is 5.55. The summed E-state index contributed by atoms with van der Waals surface area (Å²) >= 11 is 0. The maximum absolute atomic E-state index is 13.4. The molecule has 0 unspecified atom stereocenters. The van der Waals surface area contributed by atoms with Crippen molar-refractivity contribution in [1.29, 1.82) is 0 Å². The van der Waals surface area contributed by atoms with Crippen molar-refractivity contribution >= 4 is 5.97 Å². The van der Waals surface area contributed by atoms with E-state index in [1.807, 2.05) is 0 Å². The summed E-state index contributed by atoms with van der Waals surface area (Å²) in [6.07, 6.45) is 0. The molecular weight excluding hydrogens is 277 g/mol. The Morgan fingerprint density at radius 1 is 1.29 bits per heavy atom. The van der Waals surface area contributed by atoms with E-state index in [4.69, 9.17) is 14.0 Å². The van der Waals surface area contributed by atoms with E-state index in [9.17, 15) is 9.18 Å². The standard InChI is InChI=1S/C15H16FNO4/c1-15(2,3)20-14(18)13-8-11(17-21-13)9-5-6-10(16)12(7-9)19-4/h5-8H,1-4H3. The Bertz CT molecular complexity index is 658. The fourth-order valence-corrected chi connectivity index (χ4v) is 1.65. The lowest BCUT2D eigenvalue weighted by Gasteiger charge is -2.17. The molecule has 5 nitrogen and oxygen atoms in total. The van der Waals surface area contributed by atoms with E-state index in [0.29, 0.717) is 11.3 Å². The van der Waals surface area contributed by atoms with Crippen LogP contribution in [0.2, 0.25) is 0 Å². The Labute approximate surface area is 121 Å². The molecule has 1 aromatic heterocycles. The molecule has 0 atom stereocenters. The minimum absolute atomic E-state index is 0.0109. The van der Waals surface area contributed by atoms with Crippen LogP contribution in [0.5, 0.6) is 5.75 Å². The lowest BCUT2D eigenvalue weighted by atomic mass is 10.1. The normalized spacial score (nSPS) is 11.3. The summed E-state index contributed by atoms with van der Waals surface area (Å²) in [5.74, 6) is -0.995. The first kappa shape index (κ1) is 15.0. The first-order chi connectivity index (χ1) is 9.80. The number of hydrogen-bond donors (Lipinski definition) is 0. The van der Waals surface area contributed by atoms with E-state index in [1.165, 1.54) is 31.4 Å². The maximum Gasteiger partial charge on any atom is 0.377 e. The summed E-state index contributed by atoms with van der Waals surface area (Å²) in [5.41, 5.74) is 0.351. The van der Waals surface area contributed by atoms with Crippen LogP contribution in [-0.2, 0) is 4.74 Å². The molecule has 21 heavy (non-hydrogen) atoms. The zero-order valence-corrected chi connectivity index (χ0v) is 12.3. The van der Waals surface area contributed by atoms with Gasteiger partial charge in [0.05, 0.1) is 7.11 Å². The number of methoxy groups -OCH3 is 1. The molecule has 0 aliphatic rings. The highest BCUT2D eigenvalue weighted by molar-refractivity contribution is 5.87. The third kappa shape index (κ3) is 3.59. The third-order valence-corrected chi connectivity index (χ3v) is 2.56. The van der Waals surface area contributed by atoms with Crippen molar-refractivity contribution in [3.63, 3.8) is 0 Å². The van der Waals surface area contributed by atoms with Crippen LogP contribution in [0, 0.1) is 5.82 Å². The highest BCUT2D eigenvalue weighted by Crippen LogP contribution is 2.26. The quantitative estimate of drug-likeness (QED) is 0.811. The molecule has 0 spiro atoms. The summed E-state index contributed by atoms with van der Waals surface area (Å²) in [6, 6.07) is 5.71. The summed E-state index contributed by atoms with van der Waals surface area (Å²) in [6.45, 7) is 5.27. The first-order valence-electron chi connectivity index (χ1n) is 6.34. The van der Waals surface area contributed by atoms with Gasteiger partial charge >= 0.3 is 5.97 Å². The second-order valence-corrected chi connectivity index (χ2v) is 5.43. The second-order valence-electron chi connectivity index (χ2n) is 5.43. The Kier molecular flexibility index (Phi) is 3.97. The van der Waals surface area contributed by atoms with E-state index in [1.54, 1.807) is 20.8 Å². The van der Waals surface area contributed by atoms with Crippen molar-refractivity contribution in [3.05, 3.63) is 35.8 Å². The monoisotopic (exact) mass is 293 g/mol. The first-order valence-corrected chi connectivity index (χ1v) is 6.34. The average molecular weight is 293 g/mol. The van der Waals surface area contributed by atoms with Crippen LogP contribution in [0.4, 0.5) is 4.39 Å². The van der Waals surface area contributed by atoms with Crippen LogP contribution < -0.4 is 4.74 Å². The Morgan fingerprint density at radius 3 is 2.62 bits per heavy atom. The predicted molar refractivity (Wildman–Crippen MR) is 73.6 cm³/mol. The van der Waals surface area contributed by atoms with Crippen molar-refractivity contribution in [2.45, 2.75) is 26.4 Å². The van der Waals surface area contributed by atoms with Crippen LogP contribution in [0.25, 0.3) is 11.3 Å². The van der Waals surface area contributed by atoms with Gasteiger partial charge in [0.15, 0.2) is 11.6 Å². The molecular formula is C15H16FNO4. The molecule has 0 aliphatic carbocycles. The molecule has 0 fully saturated rings. The summed E-state index contributed by atoms with van der Waals surface area (Å²) < 4.78 is 28.4. The number of ether oxygens (including phenoxy) is 2. The lowest BCUT2D eigenvalue weighted by molar-refractivity contribution is 0.00277. The van der Waals surface area contributed by atoms with Gasteiger partial charge in [-0.3, -0.25) is 0 Å². The van der Waals surface area contributed by atoms with Crippen LogP contribution in [0.15, 0.2) is 28.8 Å². The molecule has 2 rings (SSSR count). The van der Waals surface area contributed by atoms with Crippen LogP contribution in [-0.4, -0.2) is 23.8 Å². The topological polar surface area (TPSA) is 61.6 Å². The van der Waals surface area contributed by atoms with Crippen molar-refractivity contribution in [1.82, 2.24) is 5.16 Å². The molecule has 1 heterocycles. The zero-order valence-electron chi connectivity index (χ0n) is 12.3. The van der Waals surface area contributed by atoms with E-state index in [-0.39, 0.29) is 11.5 Å². The van der Waals surface area contributed by atoms with Gasteiger partial charge in [0.2, 0.25) is 5.76 Å². The molecule has 2 aromatic rings. The molecule has 6 heteroatoms. The van der Waals surface area contributed by atoms with Gasteiger partial charge in [-0.15, -0.1) is 0 Å². The average Bonchev–Trinajstić information content (AvgIpc) is 2.87. The summed E-state index contributed by atoms with van der Waals surface area (Å²) in [4.78, 5) is 11.8. The van der Waals surface area contributed by atoms with Gasteiger partial charge in [-0.05, 0) is 39.0 Å². The van der Waals surface area contributed by atoms with E-state index < -0.39 is 17.4 Å². The Morgan fingerprint density at radius 2 is 2.00 bits per heavy atom. The minimum atomic E-state index is -0.622. The largest absolute Gasteiger partial charge is 0.494 e. The van der Waals surface area contributed by atoms with Crippen molar-refractivity contribution < 1.29 is 23.2 Å². The van der Waals surface area contributed by atoms with Gasteiger partial charge in [0, 0.05) is 11.6 Å². The molecule has 0 radical (unpaired) electrons. The van der Waals surface area contributed by atoms with Gasteiger partial charge in [-0.2, -0.15) is 0 Å². The fraction of sp³-hybridized carbons (Fsp3) is 0.333.